The molecular weight excluding hydrogens is 352 g/mol. The minimum Gasteiger partial charge on any atom is -0.354 e. The van der Waals surface area contributed by atoms with Gasteiger partial charge in [0.15, 0.2) is 5.65 Å². The van der Waals surface area contributed by atoms with Gasteiger partial charge in [-0.1, -0.05) is 50.6 Å². The molecule has 0 aliphatic heterocycles. The second kappa shape index (κ2) is 8.00. The van der Waals surface area contributed by atoms with Crippen LogP contribution in [-0.2, 0) is 17.9 Å². The lowest BCUT2D eigenvalue weighted by Gasteiger charge is -2.21. The third kappa shape index (κ3) is 4.01. The first kappa shape index (κ1) is 19.9. The first-order chi connectivity index (χ1) is 13.3. The second-order valence-corrected chi connectivity index (χ2v) is 7.85. The van der Waals surface area contributed by atoms with Crippen molar-refractivity contribution in [3.05, 3.63) is 64.2 Å². The summed E-state index contributed by atoms with van der Waals surface area (Å²) < 4.78 is 3.39. The van der Waals surface area contributed by atoms with Crippen LogP contribution in [0.25, 0.3) is 11.2 Å². The number of amides is 1. The Kier molecular flexibility index (Phi) is 5.68. The molecule has 3 aromatic rings. The Hall–Kier alpha value is -2.89. The molecule has 0 fully saturated rings. The van der Waals surface area contributed by atoms with Crippen LogP contribution < -0.4 is 11.0 Å². The monoisotopic (exact) mass is 380 g/mol. The summed E-state index contributed by atoms with van der Waals surface area (Å²) in [7, 11) is 0. The lowest BCUT2D eigenvalue weighted by molar-refractivity contribution is -0.129. The Morgan fingerprint density at radius 1 is 1.18 bits per heavy atom. The maximum absolute atomic E-state index is 13.1. The standard InChI is InChI=1S/C22H28N4O2/c1-5-22(3,4)20(27)24-12-13-25-19-18(10-7-11-23-19)26(21(25)28)15-17-9-6-8-16(2)14-17/h6-11,14H,5,12-13,15H2,1-4H3,(H,24,27). The fourth-order valence-corrected chi connectivity index (χ4v) is 3.17. The van der Waals surface area contributed by atoms with Crippen molar-refractivity contribution < 1.29 is 4.79 Å². The van der Waals surface area contributed by atoms with Crippen molar-refractivity contribution in [3.63, 3.8) is 0 Å². The van der Waals surface area contributed by atoms with E-state index in [4.69, 9.17) is 0 Å². The van der Waals surface area contributed by atoms with Crippen molar-refractivity contribution in [1.82, 2.24) is 19.4 Å². The van der Waals surface area contributed by atoms with Crippen molar-refractivity contribution in [1.29, 1.82) is 0 Å². The topological polar surface area (TPSA) is 68.9 Å². The quantitative estimate of drug-likeness (QED) is 0.685. The van der Waals surface area contributed by atoms with Gasteiger partial charge in [0.1, 0.15) is 0 Å². The van der Waals surface area contributed by atoms with E-state index in [2.05, 4.69) is 16.4 Å². The van der Waals surface area contributed by atoms with Crippen LogP contribution in [0.3, 0.4) is 0 Å². The van der Waals surface area contributed by atoms with Gasteiger partial charge in [-0.25, -0.2) is 9.78 Å². The van der Waals surface area contributed by atoms with Gasteiger partial charge in [0.25, 0.3) is 0 Å². The van der Waals surface area contributed by atoms with Crippen LogP contribution in [0.4, 0.5) is 0 Å². The lowest BCUT2D eigenvalue weighted by Crippen LogP contribution is -2.39. The van der Waals surface area contributed by atoms with Crippen LogP contribution in [0.2, 0.25) is 0 Å². The maximum Gasteiger partial charge on any atom is 0.330 e. The number of pyridine rings is 1. The van der Waals surface area contributed by atoms with Crippen LogP contribution >= 0.6 is 0 Å². The maximum atomic E-state index is 13.1. The average molecular weight is 380 g/mol. The molecule has 28 heavy (non-hydrogen) atoms. The number of rotatable bonds is 7. The smallest absolute Gasteiger partial charge is 0.330 e. The molecule has 0 radical (unpaired) electrons. The largest absolute Gasteiger partial charge is 0.354 e. The highest BCUT2D eigenvalue weighted by atomic mass is 16.2. The van der Waals surface area contributed by atoms with Gasteiger partial charge in [-0.15, -0.1) is 0 Å². The fourth-order valence-electron chi connectivity index (χ4n) is 3.17. The Morgan fingerprint density at radius 3 is 2.68 bits per heavy atom. The molecule has 0 aliphatic rings. The molecule has 0 spiro atoms. The predicted molar refractivity (Wildman–Crippen MR) is 111 cm³/mol. The second-order valence-electron chi connectivity index (χ2n) is 7.85. The van der Waals surface area contributed by atoms with Crippen molar-refractivity contribution in [2.75, 3.05) is 6.54 Å². The summed E-state index contributed by atoms with van der Waals surface area (Å²) in [6.07, 6.45) is 2.45. The lowest BCUT2D eigenvalue weighted by atomic mass is 9.89. The molecule has 0 atom stereocenters. The highest BCUT2D eigenvalue weighted by Crippen LogP contribution is 2.19. The predicted octanol–water partition coefficient (Wildman–Crippen LogP) is 3.11. The van der Waals surface area contributed by atoms with E-state index in [9.17, 15) is 9.59 Å². The third-order valence-corrected chi connectivity index (χ3v) is 5.32. The zero-order chi connectivity index (χ0) is 20.3. The van der Waals surface area contributed by atoms with Crippen molar-refractivity contribution >= 4 is 17.1 Å². The molecular formula is C22H28N4O2. The number of aryl methyl sites for hydroxylation is 1. The molecule has 0 unspecified atom stereocenters. The van der Waals surface area contributed by atoms with E-state index in [1.165, 1.54) is 0 Å². The van der Waals surface area contributed by atoms with Crippen molar-refractivity contribution in [2.24, 2.45) is 5.41 Å². The van der Waals surface area contributed by atoms with Gasteiger partial charge in [-0.3, -0.25) is 13.9 Å². The summed E-state index contributed by atoms with van der Waals surface area (Å²) in [6.45, 7) is 9.14. The van der Waals surface area contributed by atoms with Gasteiger partial charge in [-0.05, 0) is 31.0 Å². The normalized spacial score (nSPS) is 11.7. The molecule has 0 bridgehead atoms. The molecule has 3 rings (SSSR count). The van der Waals surface area contributed by atoms with E-state index in [1.807, 2.05) is 58.0 Å². The van der Waals surface area contributed by atoms with Gasteiger partial charge in [0.05, 0.1) is 12.1 Å². The molecule has 1 amide bonds. The first-order valence-electron chi connectivity index (χ1n) is 9.71. The van der Waals surface area contributed by atoms with Gasteiger partial charge in [0.2, 0.25) is 5.91 Å². The number of nitrogens with zero attached hydrogens (tertiary/aromatic N) is 3. The van der Waals surface area contributed by atoms with Crippen LogP contribution in [0.1, 0.15) is 38.3 Å². The number of hydrogen-bond acceptors (Lipinski definition) is 3. The van der Waals surface area contributed by atoms with E-state index in [0.29, 0.717) is 25.3 Å². The summed E-state index contributed by atoms with van der Waals surface area (Å²) in [4.78, 5) is 29.8. The molecule has 0 saturated carbocycles. The number of benzene rings is 1. The summed E-state index contributed by atoms with van der Waals surface area (Å²) in [5.74, 6) is -0.000456. The SMILES string of the molecule is CCC(C)(C)C(=O)NCCn1c(=O)n(Cc2cccc(C)c2)c2cccnc21. The molecule has 2 heterocycles. The summed E-state index contributed by atoms with van der Waals surface area (Å²) in [5.41, 5.74) is 3.15. The van der Waals surface area contributed by atoms with E-state index in [-0.39, 0.29) is 11.6 Å². The molecule has 6 heteroatoms. The Bertz CT molecular complexity index is 1050. The molecule has 0 saturated heterocycles. The molecule has 6 nitrogen and oxygen atoms in total. The van der Waals surface area contributed by atoms with E-state index < -0.39 is 5.41 Å². The number of fused-ring (bicyclic) bond motifs is 1. The summed E-state index contributed by atoms with van der Waals surface area (Å²) in [6, 6.07) is 11.9. The van der Waals surface area contributed by atoms with E-state index >= 15 is 0 Å². The molecule has 1 aromatic carbocycles. The van der Waals surface area contributed by atoms with Crippen molar-refractivity contribution in [2.45, 2.75) is 47.2 Å². The number of carbonyl (C=O) groups excluding carboxylic acids is 1. The van der Waals surface area contributed by atoms with Gasteiger partial charge >= 0.3 is 5.69 Å². The minimum atomic E-state index is -0.414. The zero-order valence-electron chi connectivity index (χ0n) is 17.0. The summed E-state index contributed by atoms with van der Waals surface area (Å²) >= 11 is 0. The Morgan fingerprint density at radius 2 is 1.96 bits per heavy atom. The average Bonchev–Trinajstić information content (AvgIpc) is 2.94. The van der Waals surface area contributed by atoms with Crippen LogP contribution in [0.15, 0.2) is 47.4 Å². The first-order valence-corrected chi connectivity index (χ1v) is 9.71. The number of aromatic nitrogens is 3. The molecule has 0 aliphatic carbocycles. The number of imidazole rings is 1. The van der Waals surface area contributed by atoms with E-state index in [0.717, 1.165) is 23.1 Å². The van der Waals surface area contributed by atoms with Gasteiger partial charge < -0.3 is 5.32 Å². The van der Waals surface area contributed by atoms with Crippen LogP contribution in [0.5, 0.6) is 0 Å². The van der Waals surface area contributed by atoms with Gasteiger partial charge in [-0.2, -0.15) is 0 Å². The fraction of sp³-hybridized carbons (Fsp3) is 0.409. The van der Waals surface area contributed by atoms with Gasteiger partial charge in [0, 0.05) is 24.7 Å². The highest BCUT2D eigenvalue weighted by Gasteiger charge is 2.24. The minimum absolute atomic E-state index is 0.000456. The zero-order valence-corrected chi connectivity index (χ0v) is 17.0. The molecule has 148 valence electrons. The summed E-state index contributed by atoms with van der Waals surface area (Å²) in [5, 5.41) is 2.94. The van der Waals surface area contributed by atoms with Crippen molar-refractivity contribution in [3.8, 4) is 0 Å². The number of carbonyl (C=O) groups is 1. The van der Waals surface area contributed by atoms with E-state index in [1.54, 1.807) is 15.3 Å². The van der Waals surface area contributed by atoms with Crippen LogP contribution in [-0.4, -0.2) is 26.6 Å². The molecule has 1 N–H and O–H groups in total. The number of nitrogens with one attached hydrogen (secondary N) is 1. The molecule has 2 aromatic heterocycles. The van der Waals surface area contributed by atoms with Crippen LogP contribution in [0, 0.1) is 12.3 Å². The highest BCUT2D eigenvalue weighted by molar-refractivity contribution is 5.81. The Balaban J connectivity index is 1.86. The third-order valence-electron chi connectivity index (χ3n) is 5.32. The Labute approximate surface area is 165 Å². The number of hydrogen-bond donors (Lipinski definition) is 1.